The summed E-state index contributed by atoms with van der Waals surface area (Å²) in [4.78, 5) is 10.7. The molecule has 0 atom stereocenters. The number of ether oxygens (including phenoxy) is 1. The van der Waals surface area contributed by atoms with Crippen LogP contribution in [-0.4, -0.2) is 47.8 Å². The molecule has 0 unspecified atom stereocenters. The summed E-state index contributed by atoms with van der Waals surface area (Å²) in [7, 11) is 0. The number of nitrogens with zero attached hydrogens (tertiary/aromatic N) is 1. The van der Waals surface area contributed by atoms with E-state index in [1.54, 1.807) is 0 Å². The Morgan fingerprint density at radius 3 is 1.71 bits per heavy atom. The molecule has 4 N–H and O–H groups in total. The third kappa shape index (κ3) is 15.1. The van der Waals surface area contributed by atoms with Crippen LogP contribution >= 0.6 is 0 Å². The fourth-order valence-electron chi connectivity index (χ4n) is 0.779. The number of primary amides is 1. The topological polar surface area (TPSA) is 96.0 Å². The van der Waals surface area contributed by atoms with E-state index in [9.17, 15) is 4.79 Å². The second kappa shape index (κ2) is 15.1. The number of carbonyl (C=O) groups excluding carboxylic acids is 1. The van der Waals surface area contributed by atoms with E-state index in [1.807, 2.05) is 0 Å². The average molecular weight is 250 g/mol. The molecule has 0 fully saturated rings. The molecule has 6 nitrogen and oxygen atoms in total. The van der Waals surface area contributed by atoms with Crippen LogP contribution < -0.4 is 5.73 Å². The summed E-state index contributed by atoms with van der Waals surface area (Å²) in [5.74, 6) is 0. The minimum Gasteiger partial charge on any atom is -0.381 e. The lowest BCUT2D eigenvalue weighted by Crippen LogP contribution is -2.36. The fraction of sp³-hybridized carbons (Fsp3) is 0.909. The summed E-state index contributed by atoms with van der Waals surface area (Å²) in [6.07, 6.45) is 4.91. The molecule has 0 bridgehead atoms. The highest BCUT2D eigenvalue weighted by atomic mass is 16.5. The molecular formula is C11H26N2O4. The first kappa shape index (κ1) is 18.5. The number of aliphatic hydroxyl groups is 2. The number of urea groups is 1. The molecule has 0 aromatic heterocycles. The van der Waals surface area contributed by atoms with E-state index >= 15 is 0 Å². The van der Waals surface area contributed by atoms with E-state index in [0.717, 1.165) is 13.2 Å². The first-order valence-electron chi connectivity index (χ1n) is 5.97. The summed E-state index contributed by atoms with van der Waals surface area (Å²) in [5, 5.41) is 16.3. The Kier molecular flexibility index (Phi) is 16.5. The molecule has 0 saturated carbocycles. The van der Waals surface area contributed by atoms with Gasteiger partial charge in [-0.3, -0.25) is 4.90 Å². The lowest BCUT2D eigenvalue weighted by molar-refractivity contribution is 0.0608. The zero-order valence-electron chi connectivity index (χ0n) is 10.9. The Hall–Kier alpha value is -0.850. The van der Waals surface area contributed by atoms with Gasteiger partial charge in [0.15, 0.2) is 0 Å². The molecule has 2 amide bonds. The molecule has 17 heavy (non-hydrogen) atoms. The number of unbranched alkanes of at least 4 members (excludes halogenated alkanes) is 2. The van der Waals surface area contributed by atoms with Crippen molar-refractivity contribution < 1.29 is 19.7 Å². The van der Waals surface area contributed by atoms with E-state index in [1.165, 1.54) is 25.7 Å². The number of carbonyl (C=O) groups is 1. The predicted octanol–water partition coefficient (Wildman–Crippen LogP) is 0.870. The van der Waals surface area contributed by atoms with Gasteiger partial charge >= 0.3 is 6.03 Å². The number of hydrogen-bond donors (Lipinski definition) is 3. The molecule has 0 aromatic carbocycles. The maximum absolute atomic E-state index is 9.99. The van der Waals surface area contributed by atoms with E-state index in [2.05, 4.69) is 19.6 Å². The normalized spacial score (nSPS) is 9.41. The van der Waals surface area contributed by atoms with Gasteiger partial charge in [0.25, 0.3) is 0 Å². The van der Waals surface area contributed by atoms with Gasteiger partial charge in [-0.25, -0.2) is 4.79 Å². The molecular weight excluding hydrogens is 224 g/mol. The van der Waals surface area contributed by atoms with Crippen molar-refractivity contribution in [2.75, 3.05) is 26.7 Å². The Morgan fingerprint density at radius 1 is 1.12 bits per heavy atom. The Labute approximate surface area is 103 Å². The SMILES string of the molecule is CCCCOCCCC.NC(=O)N(CO)CO. The van der Waals surface area contributed by atoms with Gasteiger partial charge in [0, 0.05) is 13.2 Å². The van der Waals surface area contributed by atoms with Crippen LogP contribution in [0.25, 0.3) is 0 Å². The van der Waals surface area contributed by atoms with Crippen LogP contribution in [0.5, 0.6) is 0 Å². The van der Waals surface area contributed by atoms with E-state index in [4.69, 9.17) is 14.9 Å². The number of aliphatic hydroxyl groups excluding tert-OH is 2. The van der Waals surface area contributed by atoms with Crippen molar-refractivity contribution in [2.24, 2.45) is 5.73 Å². The van der Waals surface area contributed by atoms with Crippen molar-refractivity contribution in [2.45, 2.75) is 39.5 Å². The zero-order valence-corrected chi connectivity index (χ0v) is 10.9. The lowest BCUT2D eigenvalue weighted by Gasteiger charge is -2.11. The molecule has 0 heterocycles. The minimum absolute atomic E-state index is 0.550. The molecule has 104 valence electrons. The largest absolute Gasteiger partial charge is 0.381 e. The fourth-order valence-corrected chi connectivity index (χ4v) is 0.779. The van der Waals surface area contributed by atoms with Gasteiger partial charge in [-0.15, -0.1) is 0 Å². The number of amides is 2. The van der Waals surface area contributed by atoms with Gasteiger partial charge in [0.2, 0.25) is 0 Å². The van der Waals surface area contributed by atoms with Gasteiger partial charge in [-0.05, 0) is 12.8 Å². The molecule has 0 radical (unpaired) electrons. The Balaban J connectivity index is 0. The van der Waals surface area contributed by atoms with Crippen molar-refractivity contribution in [3.05, 3.63) is 0 Å². The first-order chi connectivity index (χ1) is 8.13. The van der Waals surface area contributed by atoms with Gasteiger partial charge in [-0.1, -0.05) is 26.7 Å². The van der Waals surface area contributed by atoms with Crippen LogP contribution in [-0.2, 0) is 4.74 Å². The maximum atomic E-state index is 9.99. The van der Waals surface area contributed by atoms with Crippen molar-refractivity contribution in [3.8, 4) is 0 Å². The second-order valence-corrected chi connectivity index (χ2v) is 3.48. The van der Waals surface area contributed by atoms with E-state index < -0.39 is 19.5 Å². The van der Waals surface area contributed by atoms with Crippen LogP contribution in [0.1, 0.15) is 39.5 Å². The van der Waals surface area contributed by atoms with Gasteiger partial charge in [0.1, 0.15) is 13.5 Å². The van der Waals surface area contributed by atoms with Gasteiger partial charge in [-0.2, -0.15) is 0 Å². The summed E-state index contributed by atoms with van der Waals surface area (Å²) in [6, 6.07) is -0.838. The van der Waals surface area contributed by atoms with Crippen molar-refractivity contribution in [1.82, 2.24) is 4.90 Å². The van der Waals surface area contributed by atoms with Gasteiger partial charge in [0.05, 0.1) is 0 Å². The molecule has 0 aliphatic carbocycles. The van der Waals surface area contributed by atoms with E-state index in [-0.39, 0.29) is 0 Å². The van der Waals surface area contributed by atoms with Crippen LogP contribution in [0.3, 0.4) is 0 Å². The monoisotopic (exact) mass is 250 g/mol. The average Bonchev–Trinajstić information content (AvgIpc) is 2.31. The highest BCUT2D eigenvalue weighted by Gasteiger charge is 2.02. The van der Waals surface area contributed by atoms with Crippen LogP contribution in [0.15, 0.2) is 0 Å². The zero-order chi connectivity index (χ0) is 13.5. The Morgan fingerprint density at radius 2 is 1.53 bits per heavy atom. The van der Waals surface area contributed by atoms with Crippen LogP contribution in [0, 0.1) is 0 Å². The van der Waals surface area contributed by atoms with Crippen molar-refractivity contribution in [3.63, 3.8) is 0 Å². The minimum atomic E-state index is -0.838. The summed E-state index contributed by atoms with van der Waals surface area (Å²) in [5.41, 5.74) is 4.62. The van der Waals surface area contributed by atoms with Crippen molar-refractivity contribution in [1.29, 1.82) is 0 Å². The van der Waals surface area contributed by atoms with Crippen LogP contribution in [0.4, 0.5) is 4.79 Å². The maximum Gasteiger partial charge on any atom is 0.318 e. The highest BCUT2D eigenvalue weighted by molar-refractivity contribution is 5.71. The lowest BCUT2D eigenvalue weighted by atomic mass is 10.3. The first-order valence-corrected chi connectivity index (χ1v) is 5.97. The van der Waals surface area contributed by atoms with E-state index in [0.29, 0.717) is 4.90 Å². The number of hydrogen-bond acceptors (Lipinski definition) is 4. The van der Waals surface area contributed by atoms with Crippen LogP contribution in [0.2, 0.25) is 0 Å². The summed E-state index contributed by atoms with van der Waals surface area (Å²) >= 11 is 0. The molecule has 0 aliphatic heterocycles. The molecule has 0 aliphatic rings. The summed E-state index contributed by atoms with van der Waals surface area (Å²) < 4.78 is 5.31. The van der Waals surface area contributed by atoms with Crippen molar-refractivity contribution >= 4 is 6.03 Å². The second-order valence-electron chi connectivity index (χ2n) is 3.48. The third-order valence-electron chi connectivity index (χ3n) is 1.94. The quantitative estimate of drug-likeness (QED) is 0.440. The number of rotatable bonds is 8. The Bertz CT molecular complexity index is 158. The predicted molar refractivity (Wildman–Crippen MR) is 66.2 cm³/mol. The molecule has 0 spiro atoms. The third-order valence-corrected chi connectivity index (χ3v) is 1.94. The molecule has 0 rings (SSSR count). The molecule has 6 heteroatoms. The van der Waals surface area contributed by atoms with Gasteiger partial charge < -0.3 is 20.7 Å². The molecule has 0 aromatic rings. The molecule has 0 saturated heterocycles. The highest BCUT2D eigenvalue weighted by Crippen LogP contribution is 1.91. The summed E-state index contributed by atoms with van der Waals surface area (Å²) in [6.45, 7) is 5.18. The smallest absolute Gasteiger partial charge is 0.318 e. The number of nitrogens with two attached hydrogens (primary N) is 1. The standard InChI is InChI=1S/C8H18O.C3H8N2O3/c1-3-5-7-9-8-6-4-2;4-3(8)5(1-6)2-7/h3-8H2,1-2H3;6-7H,1-2H2,(H2,4,8).